The molecule has 2 rings (SSSR count). The van der Waals surface area contributed by atoms with Crippen molar-refractivity contribution in [2.45, 2.75) is 50.8 Å². The Labute approximate surface area is 126 Å². The molecule has 0 saturated heterocycles. The Balaban J connectivity index is 2.38. The predicted octanol–water partition coefficient (Wildman–Crippen LogP) is 3.48. The molecule has 122 valence electrons. The number of nitrogens with zero attached hydrogens (tertiary/aromatic N) is 1. The summed E-state index contributed by atoms with van der Waals surface area (Å²) < 4.78 is 48.5. The number of ether oxygens (including phenoxy) is 2. The zero-order valence-corrected chi connectivity index (χ0v) is 12.9. The molecule has 0 aliphatic heterocycles. The van der Waals surface area contributed by atoms with Crippen molar-refractivity contribution in [2.24, 2.45) is 0 Å². The summed E-state index contributed by atoms with van der Waals surface area (Å²) in [4.78, 5) is 15.9. The van der Waals surface area contributed by atoms with Gasteiger partial charge in [-0.15, -0.1) is 0 Å². The molecule has 1 heterocycles. The Hall–Kier alpha value is -1.79. The van der Waals surface area contributed by atoms with E-state index in [4.69, 9.17) is 9.47 Å². The first kappa shape index (κ1) is 16.6. The zero-order chi connectivity index (χ0) is 16.8. The lowest BCUT2D eigenvalue weighted by molar-refractivity contribution is -0.158. The molecule has 1 aromatic rings. The van der Waals surface area contributed by atoms with Crippen LogP contribution >= 0.6 is 0 Å². The summed E-state index contributed by atoms with van der Waals surface area (Å²) in [5.74, 6) is -0.641. The first-order chi connectivity index (χ1) is 9.99. The average Bonchev–Trinajstić information content (AvgIpc) is 3.16. The average molecular weight is 317 g/mol. The molecule has 0 bridgehead atoms. The van der Waals surface area contributed by atoms with Gasteiger partial charge in [-0.05, 0) is 39.7 Å². The summed E-state index contributed by atoms with van der Waals surface area (Å²) in [7, 11) is 1.23. The minimum Gasteiger partial charge on any atom is -0.481 e. The van der Waals surface area contributed by atoms with E-state index in [2.05, 4.69) is 4.98 Å². The van der Waals surface area contributed by atoms with Crippen molar-refractivity contribution in [3.63, 3.8) is 0 Å². The molecule has 0 amide bonds. The molecular formula is C15H18F3NO3. The van der Waals surface area contributed by atoms with Gasteiger partial charge in [0.1, 0.15) is 11.3 Å². The number of hydrogen-bond acceptors (Lipinski definition) is 4. The number of pyridine rings is 1. The first-order valence-corrected chi connectivity index (χ1v) is 6.86. The second-order valence-corrected chi connectivity index (χ2v) is 6.34. The van der Waals surface area contributed by atoms with Gasteiger partial charge in [-0.25, -0.2) is 4.98 Å². The van der Waals surface area contributed by atoms with Gasteiger partial charge in [0.15, 0.2) is 0 Å². The Kier molecular flexibility index (Phi) is 3.87. The van der Waals surface area contributed by atoms with Crippen molar-refractivity contribution in [1.82, 2.24) is 4.98 Å². The van der Waals surface area contributed by atoms with Gasteiger partial charge in [0.2, 0.25) is 5.88 Å². The third-order valence-corrected chi connectivity index (χ3v) is 3.40. The minimum atomic E-state index is -4.56. The largest absolute Gasteiger partial charge is 0.481 e. The topological polar surface area (TPSA) is 48.4 Å². The van der Waals surface area contributed by atoms with E-state index in [1.807, 2.05) is 0 Å². The van der Waals surface area contributed by atoms with Crippen LogP contribution in [0, 0.1) is 0 Å². The minimum absolute atomic E-state index is 0.182. The molecule has 1 saturated carbocycles. The maximum absolute atomic E-state index is 12.7. The van der Waals surface area contributed by atoms with Crippen molar-refractivity contribution >= 4 is 5.97 Å². The number of halogens is 3. The van der Waals surface area contributed by atoms with Gasteiger partial charge in [-0.1, -0.05) is 6.07 Å². The molecule has 1 aliphatic carbocycles. The molecular weight excluding hydrogens is 299 g/mol. The lowest BCUT2D eigenvalue weighted by Gasteiger charge is -2.24. The van der Waals surface area contributed by atoms with Gasteiger partial charge in [0.05, 0.1) is 12.5 Å². The van der Waals surface area contributed by atoms with E-state index >= 15 is 0 Å². The van der Waals surface area contributed by atoms with Crippen molar-refractivity contribution in [3.8, 4) is 5.88 Å². The molecule has 1 aromatic heterocycles. The third kappa shape index (κ3) is 3.18. The summed E-state index contributed by atoms with van der Waals surface area (Å²) in [6, 6.07) is 2.12. The number of hydrogen-bond donors (Lipinski definition) is 0. The van der Waals surface area contributed by atoms with Crippen LogP contribution in [0.15, 0.2) is 12.1 Å². The van der Waals surface area contributed by atoms with E-state index < -0.39 is 28.9 Å². The van der Waals surface area contributed by atoms with Gasteiger partial charge in [-0.2, -0.15) is 13.2 Å². The van der Waals surface area contributed by atoms with Gasteiger partial charge >= 0.3 is 12.1 Å². The van der Waals surface area contributed by atoms with E-state index in [0.717, 1.165) is 6.07 Å². The molecule has 0 atom stereocenters. The second kappa shape index (κ2) is 5.14. The molecule has 0 N–H and O–H groups in total. The third-order valence-electron chi connectivity index (χ3n) is 3.40. The van der Waals surface area contributed by atoms with Crippen LogP contribution in [-0.2, 0) is 21.1 Å². The van der Waals surface area contributed by atoms with Gasteiger partial charge in [0.25, 0.3) is 0 Å². The highest BCUT2D eigenvalue weighted by molar-refractivity contribution is 5.87. The predicted molar refractivity (Wildman–Crippen MR) is 72.5 cm³/mol. The van der Waals surface area contributed by atoms with Gasteiger partial charge in [0, 0.05) is 5.56 Å². The fraction of sp³-hybridized carbons (Fsp3) is 0.600. The van der Waals surface area contributed by atoms with E-state index in [0.29, 0.717) is 18.4 Å². The fourth-order valence-corrected chi connectivity index (χ4v) is 2.20. The van der Waals surface area contributed by atoms with Crippen LogP contribution in [0.4, 0.5) is 13.2 Å². The summed E-state index contributed by atoms with van der Waals surface area (Å²) >= 11 is 0. The highest BCUT2D eigenvalue weighted by Crippen LogP contribution is 2.52. The molecule has 7 heteroatoms. The maximum atomic E-state index is 12.7. The van der Waals surface area contributed by atoms with Crippen LogP contribution in [-0.4, -0.2) is 23.7 Å². The first-order valence-electron chi connectivity index (χ1n) is 6.86. The molecule has 1 aliphatic rings. The van der Waals surface area contributed by atoms with Crippen LogP contribution in [0.1, 0.15) is 44.9 Å². The number of alkyl halides is 3. The monoisotopic (exact) mass is 317 g/mol. The highest BCUT2D eigenvalue weighted by Gasteiger charge is 2.56. The Bertz CT molecular complexity index is 587. The molecule has 0 radical (unpaired) electrons. The SMILES string of the molecule is COc1nc(C(F)(F)F)ccc1C1(C(=O)OC(C)(C)C)CC1. The van der Waals surface area contributed by atoms with Crippen LogP contribution in [0.3, 0.4) is 0 Å². The smallest absolute Gasteiger partial charge is 0.433 e. The van der Waals surface area contributed by atoms with Gasteiger partial charge in [-0.3, -0.25) is 4.79 Å². The van der Waals surface area contributed by atoms with Crippen LogP contribution < -0.4 is 4.74 Å². The Morgan fingerprint density at radius 1 is 1.23 bits per heavy atom. The van der Waals surface area contributed by atoms with Crippen molar-refractivity contribution in [3.05, 3.63) is 23.4 Å². The summed E-state index contributed by atoms with van der Waals surface area (Å²) in [6.07, 6.45) is -3.55. The van der Waals surface area contributed by atoms with Crippen LogP contribution in [0.2, 0.25) is 0 Å². The molecule has 22 heavy (non-hydrogen) atoms. The number of methoxy groups -OCH3 is 1. The van der Waals surface area contributed by atoms with E-state index in [1.165, 1.54) is 13.2 Å². The van der Waals surface area contributed by atoms with Crippen LogP contribution in [0.5, 0.6) is 5.88 Å². The van der Waals surface area contributed by atoms with Crippen molar-refractivity contribution < 1.29 is 27.4 Å². The molecule has 4 nitrogen and oxygen atoms in total. The van der Waals surface area contributed by atoms with Gasteiger partial charge < -0.3 is 9.47 Å². The number of rotatable bonds is 3. The molecule has 1 fully saturated rings. The quantitative estimate of drug-likeness (QED) is 0.801. The molecule has 0 unspecified atom stereocenters. The van der Waals surface area contributed by atoms with E-state index in [-0.39, 0.29) is 5.88 Å². The number of esters is 1. The van der Waals surface area contributed by atoms with E-state index in [9.17, 15) is 18.0 Å². The number of aromatic nitrogens is 1. The fourth-order valence-electron chi connectivity index (χ4n) is 2.20. The van der Waals surface area contributed by atoms with Crippen molar-refractivity contribution in [2.75, 3.05) is 7.11 Å². The molecule has 0 spiro atoms. The van der Waals surface area contributed by atoms with E-state index in [1.54, 1.807) is 20.8 Å². The lowest BCUT2D eigenvalue weighted by atomic mass is 9.96. The highest BCUT2D eigenvalue weighted by atomic mass is 19.4. The lowest BCUT2D eigenvalue weighted by Crippen LogP contribution is -2.32. The Morgan fingerprint density at radius 3 is 2.23 bits per heavy atom. The summed E-state index contributed by atoms with van der Waals surface area (Å²) in [6.45, 7) is 5.22. The molecule has 0 aromatic carbocycles. The van der Waals surface area contributed by atoms with Crippen molar-refractivity contribution in [1.29, 1.82) is 0 Å². The van der Waals surface area contributed by atoms with Crippen LogP contribution in [0.25, 0.3) is 0 Å². The Morgan fingerprint density at radius 2 is 1.82 bits per heavy atom. The number of carbonyl (C=O) groups is 1. The summed E-state index contributed by atoms with van der Waals surface area (Å²) in [5, 5.41) is 0. The standard InChI is InChI=1S/C15H18F3NO3/c1-13(2,3)22-12(20)14(7-8-14)9-5-6-10(15(16,17)18)19-11(9)21-4/h5-6H,7-8H2,1-4H3. The normalized spacial score (nSPS) is 17.0. The zero-order valence-electron chi connectivity index (χ0n) is 12.9. The summed E-state index contributed by atoms with van der Waals surface area (Å²) in [5.41, 5.74) is -2.32. The second-order valence-electron chi connectivity index (χ2n) is 6.34. The maximum Gasteiger partial charge on any atom is 0.433 e. The number of carbonyl (C=O) groups excluding carboxylic acids is 1.